The van der Waals surface area contributed by atoms with Gasteiger partial charge in [-0.1, -0.05) is 23.2 Å². The minimum Gasteiger partial charge on any atom is -0.310 e. The van der Waals surface area contributed by atoms with Gasteiger partial charge in [-0.3, -0.25) is 4.79 Å². The molecule has 1 aliphatic rings. The van der Waals surface area contributed by atoms with Gasteiger partial charge in [0.2, 0.25) is 5.91 Å². The Hall–Kier alpha value is -0.800. The van der Waals surface area contributed by atoms with Crippen molar-refractivity contribution in [3.05, 3.63) is 21.8 Å². The number of aromatic nitrogens is 1. The number of pyridine rings is 1. The van der Waals surface area contributed by atoms with E-state index in [1.54, 1.807) is 0 Å². The first-order chi connectivity index (χ1) is 5.68. The summed E-state index contributed by atoms with van der Waals surface area (Å²) >= 11 is 11.5. The molecule has 1 aromatic rings. The van der Waals surface area contributed by atoms with E-state index in [4.69, 9.17) is 23.2 Å². The molecule has 3 nitrogen and oxygen atoms in total. The maximum absolute atomic E-state index is 10.9. The summed E-state index contributed by atoms with van der Waals surface area (Å²) in [5.74, 6) is 0.427. The van der Waals surface area contributed by atoms with Crippen molar-refractivity contribution in [1.29, 1.82) is 0 Å². The predicted octanol–water partition coefficient (Wildman–Crippen LogP) is 1.88. The number of nitrogens with zero attached hydrogens (tertiary/aromatic N) is 1. The van der Waals surface area contributed by atoms with Crippen molar-refractivity contribution in [3.8, 4) is 0 Å². The van der Waals surface area contributed by atoms with Crippen LogP contribution in [0.1, 0.15) is 5.56 Å². The highest BCUT2D eigenvalue weighted by atomic mass is 35.5. The molecular formula is C7H4Cl2N2O. The quantitative estimate of drug-likeness (QED) is 0.699. The Morgan fingerprint density at radius 1 is 1.50 bits per heavy atom. The molecule has 0 aliphatic carbocycles. The fourth-order valence-electron chi connectivity index (χ4n) is 1.11. The van der Waals surface area contributed by atoms with Gasteiger partial charge in [0.05, 0.1) is 16.5 Å². The second kappa shape index (κ2) is 2.61. The lowest BCUT2D eigenvalue weighted by Gasteiger charge is -2.00. The molecule has 0 bridgehead atoms. The van der Waals surface area contributed by atoms with Crippen LogP contribution in [-0.2, 0) is 11.2 Å². The number of carbonyl (C=O) groups is 1. The van der Waals surface area contributed by atoms with E-state index >= 15 is 0 Å². The third-order valence-electron chi connectivity index (χ3n) is 1.66. The van der Waals surface area contributed by atoms with Crippen molar-refractivity contribution in [1.82, 2.24) is 4.98 Å². The summed E-state index contributed by atoms with van der Waals surface area (Å²) < 4.78 is 0. The number of halogens is 2. The number of nitrogens with one attached hydrogen (secondary N) is 1. The zero-order valence-electron chi connectivity index (χ0n) is 5.90. The van der Waals surface area contributed by atoms with Crippen LogP contribution in [0.15, 0.2) is 6.20 Å². The third kappa shape index (κ3) is 1.06. The molecule has 0 saturated heterocycles. The second-order valence-electron chi connectivity index (χ2n) is 2.47. The van der Waals surface area contributed by atoms with Crippen LogP contribution < -0.4 is 5.32 Å². The van der Waals surface area contributed by atoms with Crippen molar-refractivity contribution in [2.24, 2.45) is 0 Å². The molecule has 1 N–H and O–H groups in total. The standard InChI is InChI=1S/C7H4Cl2N2O/c8-4-2-10-7-3(6(4)9)1-5(12)11-7/h2H,1H2,(H,10,11,12). The Morgan fingerprint density at radius 2 is 2.25 bits per heavy atom. The first-order valence-corrected chi connectivity index (χ1v) is 4.07. The van der Waals surface area contributed by atoms with Crippen LogP contribution in [0, 0.1) is 0 Å². The number of rotatable bonds is 0. The summed E-state index contributed by atoms with van der Waals surface area (Å²) in [6.45, 7) is 0. The third-order valence-corrected chi connectivity index (χ3v) is 2.48. The van der Waals surface area contributed by atoms with Gasteiger partial charge in [0.1, 0.15) is 5.82 Å². The maximum Gasteiger partial charge on any atom is 0.230 e. The highest BCUT2D eigenvalue weighted by Gasteiger charge is 2.22. The Morgan fingerprint density at radius 3 is 3.00 bits per heavy atom. The number of hydrogen-bond acceptors (Lipinski definition) is 2. The average molecular weight is 203 g/mol. The lowest BCUT2D eigenvalue weighted by molar-refractivity contribution is -0.115. The number of hydrogen-bond donors (Lipinski definition) is 1. The molecule has 62 valence electrons. The van der Waals surface area contributed by atoms with Crippen molar-refractivity contribution in [2.45, 2.75) is 6.42 Å². The molecular weight excluding hydrogens is 199 g/mol. The Kier molecular flexibility index (Phi) is 1.70. The summed E-state index contributed by atoms with van der Waals surface area (Å²) in [6, 6.07) is 0. The molecule has 0 saturated carbocycles. The zero-order chi connectivity index (χ0) is 8.72. The Bertz CT molecular complexity index is 365. The molecule has 1 aromatic heterocycles. The molecule has 0 unspecified atom stereocenters. The van der Waals surface area contributed by atoms with Gasteiger partial charge in [-0.25, -0.2) is 4.98 Å². The van der Waals surface area contributed by atoms with Gasteiger partial charge in [0, 0.05) is 11.8 Å². The van der Waals surface area contributed by atoms with Crippen LogP contribution in [-0.4, -0.2) is 10.9 Å². The lowest BCUT2D eigenvalue weighted by Crippen LogP contribution is -2.04. The SMILES string of the molecule is O=C1Cc2c(ncc(Cl)c2Cl)N1. The maximum atomic E-state index is 10.9. The molecule has 0 spiro atoms. The molecule has 1 aliphatic heterocycles. The minimum atomic E-state index is -0.0957. The fraction of sp³-hybridized carbons (Fsp3) is 0.143. The number of fused-ring (bicyclic) bond motifs is 1. The van der Waals surface area contributed by atoms with Crippen LogP contribution in [0.4, 0.5) is 5.82 Å². The summed E-state index contributed by atoms with van der Waals surface area (Å²) in [5, 5.41) is 3.37. The van der Waals surface area contributed by atoms with Crippen LogP contribution in [0.5, 0.6) is 0 Å². The summed E-state index contributed by atoms with van der Waals surface area (Å²) in [4.78, 5) is 14.8. The van der Waals surface area contributed by atoms with Crippen molar-refractivity contribution in [2.75, 3.05) is 5.32 Å². The summed E-state index contributed by atoms with van der Waals surface area (Å²) in [7, 11) is 0. The molecule has 5 heteroatoms. The normalized spacial score (nSPS) is 14.3. The van der Waals surface area contributed by atoms with E-state index in [2.05, 4.69) is 10.3 Å². The molecule has 12 heavy (non-hydrogen) atoms. The largest absolute Gasteiger partial charge is 0.310 e. The fourth-order valence-corrected chi connectivity index (χ4v) is 1.48. The summed E-state index contributed by atoms with van der Waals surface area (Å²) in [5.41, 5.74) is 0.689. The average Bonchev–Trinajstić information content (AvgIpc) is 2.39. The monoisotopic (exact) mass is 202 g/mol. The molecule has 1 amide bonds. The molecule has 2 heterocycles. The highest BCUT2D eigenvalue weighted by molar-refractivity contribution is 6.43. The lowest BCUT2D eigenvalue weighted by atomic mass is 10.2. The van der Waals surface area contributed by atoms with Gasteiger partial charge in [-0.15, -0.1) is 0 Å². The van der Waals surface area contributed by atoms with Gasteiger partial charge >= 0.3 is 0 Å². The second-order valence-corrected chi connectivity index (χ2v) is 3.26. The van der Waals surface area contributed by atoms with Crippen LogP contribution in [0.25, 0.3) is 0 Å². The molecule has 0 atom stereocenters. The first kappa shape index (κ1) is 7.83. The number of amides is 1. The van der Waals surface area contributed by atoms with Gasteiger partial charge in [0.15, 0.2) is 0 Å². The topological polar surface area (TPSA) is 42.0 Å². The van der Waals surface area contributed by atoms with Crippen molar-refractivity contribution >= 4 is 34.9 Å². The van der Waals surface area contributed by atoms with Gasteiger partial charge in [0.25, 0.3) is 0 Å². The van der Waals surface area contributed by atoms with E-state index in [-0.39, 0.29) is 12.3 Å². The summed E-state index contributed by atoms with van der Waals surface area (Å²) in [6.07, 6.45) is 1.69. The van der Waals surface area contributed by atoms with Gasteiger partial charge < -0.3 is 5.32 Å². The predicted molar refractivity (Wildman–Crippen MR) is 46.6 cm³/mol. The van der Waals surface area contributed by atoms with E-state index in [0.717, 1.165) is 0 Å². The number of carbonyl (C=O) groups excluding carboxylic acids is 1. The first-order valence-electron chi connectivity index (χ1n) is 3.31. The highest BCUT2D eigenvalue weighted by Crippen LogP contribution is 2.32. The van der Waals surface area contributed by atoms with E-state index in [9.17, 15) is 4.79 Å². The minimum absolute atomic E-state index is 0.0957. The Balaban J connectivity index is 2.61. The van der Waals surface area contributed by atoms with E-state index in [1.165, 1.54) is 6.20 Å². The Labute approximate surface area is 78.7 Å². The van der Waals surface area contributed by atoms with Gasteiger partial charge in [-0.2, -0.15) is 0 Å². The van der Waals surface area contributed by atoms with Gasteiger partial charge in [-0.05, 0) is 0 Å². The van der Waals surface area contributed by atoms with Crippen LogP contribution in [0.3, 0.4) is 0 Å². The van der Waals surface area contributed by atoms with Crippen LogP contribution >= 0.6 is 23.2 Å². The van der Waals surface area contributed by atoms with E-state index < -0.39 is 0 Å². The molecule has 0 radical (unpaired) electrons. The smallest absolute Gasteiger partial charge is 0.230 e. The molecule has 0 aromatic carbocycles. The zero-order valence-corrected chi connectivity index (χ0v) is 7.41. The van der Waals surface area contributed by atoms with Crippen molar-refractivity contribution < 1.29 is 4.79 Å². The van der Waals surface area contributed by atoms with E-state index in [1.807, 2.05) is 0 Å². The molecule has 2 rings (SSSR count). The van der Waals surface area contributed by atoms with Crippen molar-refractivity contribution in [3.63, 3.8) is 0 Å². The number of anilines is 1. The molecule has 0 fully saturated rings. The van der Waals surface area contributed by atoms with Crippen LogP contribution in [0.2, 0.25) is 10.0 Å². The van der Waals surface area contributed by atoms with E-state index in [0.29, 0.717) is 21.4 Å².